The van der Waals surface area contributed by atoms with Crippen LogP contribution in [0.3, 0.4) is 0 Å². The lowest BCUT2D eigenvalue weighted by Gasteiger charge is -1.97. The molecular formula is C11H10ClNO2. The molecule has 3 nitrogen and oxygen atoms in total. The van der Waals surface area contributed by atoms with Crippen molar-refractivity contribution in [2.45, 2.75) is 13.0 Å². The van der Waals surface area contributed by atoms with E-state index in [1.165, 1.54) is 6.20 Å². The van der Waals surface area contributed by atoms with E-state index < -0.39 is 6.10 Å². The van der Waals surface area contributed by atoms with Gasteiger partial charge >= 0.3 is 0 Å². The number of hydrogen-bond donors (Lipinski definition) is 1. The van der Waals surface area contributed by atoms with Crippen LogP contribution in [0.2, 0.25) is 5.02 Å². The first-order valence-electron chi connectivity index (χ1n) is 4.56. The van der Waals surface area contributed by atoms with Gasteiger partial charge < -0.3 is 9.52 Å². The molecule has 0 amide bonds. The molecule has 1 unspecified atom stereocenters. The van der Waals surface area contributed by atoms with Crippen LogP contribution in [0.5, 0.6) is 0 Å². The molecule has 0 spiro atoms. The fourth-order valence-electron chi connectivity index (χ4n) is 1.21. The number of nitrogens with zero attached hydrogens (tertiary/aromatic N) is 1. The second-order valence-corrected chi connectivity index (χ2v) is 3.69. The summed E-state index contributed by atoms with van der Waals surface area (Å²) in [6.45, 7) is 1.63. The third kappa shape index (κ3) is 2.19. The van der Waals surface area contributed by atoms with Gasteiger partial charge in [0.25, 0.3) is 0 Å². The third-order valence-electron chi connectivity index (χ3n) is 2.03. The van der Waals surface area contributed by atoms with Crippen LogP contribution in [-0.2, 0) is 0 Å². The van der Waals surface area contributed by atoms with Gasteiger partial charge in [0, 0.05) is 10.6 Å². The number of benzene rings is 1. The minimum atomic E-state index is -0.640. The van der Waals surface area contributed by atoms with Gasteiger partial charge in [-0.2, -0.15) is 0 Å². The Morgan fingerprint density at radius 3 is 2.53 bits per heavy atom. The van der Waals surface area contributed by atoms with Gasteiger partial charge in [0.1, 0.15) is 6.10 Å². The van der Waals surface area contributed by atoms with Crippen molar-refractivity contribution in [2.24, 2.45) is 0 Å². The molecule has 0 bridgehead atoms. The van der Waals surface area contributed by atoms with E-state index in [2.05, 4.69) is 4.98 Å². The van der Waals surface area contributed by atoms with E-state index >= 15 is 0 Å². The summed E-state index contributed by atoms with van der Waals surface area (Å²) in [6, 6.07) is 7.17. The Labute approximate surface area is 92.3 Å². The highest BCUT2D eigenvalue weighted by atomic mass is 35.5. The summed E-state index contributed by atoms with van der Waals surface area (Å²) in [7, 11) is 0. The number of aliphatic hydroxyl groups is 1. The van der Waals surface area contributed by atoms with Gasteiger partial charge in [-0.3, -0.25) is 0 Å². The maximum Gasteiger partial charge on any atom is 0.226 e. The number of aromatic nitrogens is 1. The molecule has 2 aromatic rings. The Kier molecular flexibility index (Phi) is 2.75. The molecule has 1 aromatic heterocycles. The molecule has 0 aliphatic heterocycles. The molecule has 1 heterocycles. The highest BCUT2D eigenvalue weighted by Crippen LogP contribution is 2.23. The van der Waals surface area contributed by atoms with Crippen LogP contribution in [0.25, 0.3) is 11.5 Å². The first kappa shape index (κ1) is 10.2. The van der Waals surface area contributed by atoms with Crippen molar-refractivity contribution in [2.75, 3.05) is 0 Å². The predicted molar refractivity (Wildman–Crippen MR) is 57.6 cm³/mol. The monoisotopic (exact) mass is 223 g/mol. The van der Waals surface area contributed by atoms with Crippen molar-refractivity contribution in [3.63, 3.8) is 0 Å². The van der Waals surface area contributed by atoms with E-state index in [1.54, 1.807) is 19.1 Å². The normalized spacial score (nSPS) is 12.7. The third-order valence-corrected chi connectivity index (χ3v) is 2.28. The maximum atomic E-state index is 9.27. The molecule has 15 heavy (non-hydrogen) atoms. The molecule has 0 fully saturated rings. The van der Waals surface area contributed by atoms with Crippen LogP contribution in [0, 0.1) is 0 Å². The van der Waals surface area contributed by atoms with Crippen LogP contribution in [0.1, 0.15) is 18.8 Å². The summed E-state index contributed by atoms with van der Waals surface area (Å²) in [5, 5.41) is 9.94. The fraction of sp³-hybridized carbons (Fsp3) is 0.182. The van der Waals surface area contributed by atoms with E-state index in [9.17, 15) is 5.11 Å². The van der Waals surface area contributed by atoms with Crippen LogP contribution in [0.4, 0.5) is 0 Å². The predicted octanol–water partition coefficient (Wildman–Crippen LogP) is 3.05. The summed E-state index contributed by atoms with van der Waals surface area (Å²) in [5.41, 5.74) is 0.839. The van der Waals surface area contributed by atoms with Crippen LogP contribution < -0.4 is 0 Å². The first-order chi connectivity index (χ1) is 7.16. The SMILES string of the molecule is CC(O)c1cnc(-c2ccc(Cl)cc2)o1. The van der Waals surface area contributed by atoms with Crippen molar-refractivity contribution < 1.29 is 9.52 Å². The lowest BCUT2D eigenvalue weighted by molar-refractivity contribution is 0.170. The zero-order chi connectivity index (χ0) is 10.8. The van der Waals surface area contributed by atoms with Crippen molar-refractivity contribution in [1.82, 2.24) is 4.98 Å². The largest absolute Gasteiger partial charge is 0.438 e. The summed E-state index contributed by atoms with van der Waals surface area (Å²) >= 11 is 5.76. The first-order valence-corrected chi connectivity index (χ1v) is 4.94. The highest BCUT2D eigenvalue weighted by molar-refractivity contribution is 6.30. The molecule has 0 radical (unpaired) electrons. The summed E-state index contributed by atoms with van der Waals surface area (Å²) < 4.78 is 5.37. The number of oxazole rings is 1. The zero-order valence-corrected chi connectivity index (χ0v) is 8.90. The Morgan fingerprint density at radius 1 is 1.33 bits per heavy atom. The summed E-state index contributed by atoms with van der Waals surface area (Å²) in [5.74, 6) is 0.947. The quantitative estimate of drug-likeness (QED) is 0.851. The summed E-state index contributed by atoms with van der Waals surface area (Å²) in [6.07, 6.45) is 0.882. The maximum absolute atomic E-state index is 9.27. The van der Waals surface area contributed by atoms with Gasteiger partial charge in [-0.15, -0.1) is 0 Å². The average molecular weight is 224 g/mol. The fourth-order valence-corrected chi connectivity index (χ4v) is 1.33. The van der Waals surface area contributed by atoms with Crippen LogP contribution >= 0.6 is 11.6 Å². The van der Waals surface area contributed by atoms with E-state index in [0.29, 0.717) is 16.7 Å². The van der Waals surface area contributed by atoms with E-state index in [1.807, 2.05) is 12.1 Å². The van der Waals surface area contributed by atoms with Gasteiger partial charge in [-0.05, 0) is 31.2 Å². The zero-order valence-electron chi connectivity index (χ0n) is 8.14. The lowest BCUT2D eigenvalue weighted by atomic mass is 10.2. The molecular weight excluding hydrogens is 214 g/mol. The molecule has 1 N–H and O–H groups in total. The lowest BCUT2D eigenvalue weighted by Crippen LogP contribution is -1.85. The Balaban J connectivity index is 2.33. The molecule has 1 aromatic carbocycles. The van der Waals surface area contributed by atoms with Gasteiger partial charge in [-0.25, -0.2) is 4.98 Å². The van der Waals surface area contributed by atoms with Crippen LogP contribution in [0.15, 0.2) is 34.9 Å². The average Bonchev–Trinajstić information content (AvgIpc) is 2.68. The van der Waals surface area contributed by atoms with Gasteiger partial charge in [0.05, 0.1) is 6.20 Å². The Morgan fingerprint density at radius 2 is 2.00 bits per heavy atom. The van der Waals surface area contributed by atoms with E-state index in [-0.39, 0.29) is 0 Å². The molecule has 78 valence electrons. The molecule has 0 aliphatic rings. The van der Waals surface area contributed by atoms with E-state index in [4.69, 9.17) is 16.0 Å². The van der Waals surface area contributed by atoms with Crippen molar-refractivity contribution in [1.29, 1.82) is 0 Å². The van der Waals surface area contributed by atoms with Crippen LogP contribution in [-0.4, -0.2) is 10.1 Å². The van der Waals surface area contributed by atoms with Gasteiger partial charge in [-0.1, -0.05) is 11.6 Å². The molecule has 1 atom stereocenters. The molecule has 0 saturated heterocycles. The minimum Gasteiger partial charge on any atom is -0.438 e. The standard InChI is InChI=1S/C11H10ClNO2/c1-7(14)10-6-13-11(15-10)8-2-4-9(12)5-3-8/h2-7,14H,1H3. The molecule has 0 saturated carbocycles. The van der Waals surface area contributed by atoms with Gasteiger partial charge in [0.15, 0.2) is 5.76 Å². The van der Waals surface area contributed by atoms with Crippen molar-refractivity contribution >= 4 is 11.6 Å². The van der Waals surface area contributed by atoms with Crippen molar-refractivity contribution in [3.05, 3.63) is 41.2 Å². The number of aliphatic hydroxyl groups excluding tert-OH is 1. The number of hydrogen-bond acceptors (Lipinski definition) is 3. The second kappa shape index (κ2) is 4.04. The van der Waals surface area contributed by atoms with E-state index in [0.717, 1.165) is 5.56 Å². The second-order valence-electron chi connectivity index (χ2n) is 3.25. The topological polar surface area (TPSA) is 46.3 Å². The molecule has 4 heteroatoms. The Hall–Kier alpha value is -1.32. The molecule has 2 rings (SSSR count). The number of rotatable bonds is 2. The Bertz CT molecular complexity index is 448. The highest BCUT2D eigenvalue weighted by Gasteiger charge is 2.09. The van der Waals surface area contributed by atoms with Crippen molar-refractivity contribution in [3.8, 4) is 11.5 Å². The minimum absolute atomic E-state index is 0.458. The molecule has 0 aliphatic carbocycles. The number of halogens is 1. The smallest absolute Gasteiger partial charge is 0.226 e. The summed E-state index contributed by atoms with van der Waals surface area (Å²) in [4.78, 5) is 4.07. The van der Waals surface area contributed by atoms with Gasteiger partial charge in [0.2, 0.25) is 5.89 Å².